The van der Waals surface area contributed by atoms with Gasteiger partial charge in [-0.05, 0) is 91.4 Å². The van der Waals surface area contributed by atoms with Gasteiger partial charge in [0.2, 0.25) is 11.8 Å². The van der Waals surface area contributed by atoms with Crippen LogP contribution in [0.15, 0.2) is 82.2 Å². The van der Waals surface area contributed by atoms with Gasteiger partial charge in [-0.15, -0.1) is 6.58 Å². The van der Waals surface area contributed by atoms with Crippen molar-refractivity contribution in [1.82, 2.24) is 19.8 Å². The lowest BCUT2D eigenvalue weighted by atomic mass is 9.91. The average molecular weight is 730 g/mol. The number of nitrogens with zero attached hydrogens (tertiary/aromatic N) is 5. The number of carboxylic acids is 1. The van der Waals surface area contributed by atoms with E-state index in [1.54, 1.807) is 11.0 Å². The van der Waals surface area contributed by atoms with E-state index in [1.807, 2.05) is 68.5 Å². The van der Waals surface area contributed by atoms with E-state index in [0.29, 0.717) is 70.4 Å². The fourth-order valence-electron chi connectivity index (χ4n) is 7.80. The van der Waals surface area contributed by atoms with Crippen LogP contribution in [-0.2, 0) is 17.9 Å². The number of hydrogen-bond acceptors (Lipinski definition) is 9. The lowest BCUT2D eigenvalue weighted by Crippen LogP contribution is -2.44. The Balaban J connectivity index is 1.12. The summed E-state index contributed by atoms with van der Waals surface area (Å²) in [6.07, 6.45) is 3.17. The first kappa shape index (κ1) is 35.1. The summed E-state index contributed by atoms with van der Waals surface area (Å²) in [6, 6.07) is 20.2. The second-order valence-corrected chi connectivity index (χ2v) is 14.1. The molecule has 0 unspecified atom stereocenters. The molecule has 0 aliphatic carbocycles. The van der Waals surface area contributed by atoms with Crippen molar-refractivity contribution in [2.45, 2.75) is 52.4 Å². The first-order chi connectivity index (χ1) is 26.1. The zero-order valence-electron chi connectivity index (χ0n) is 29.8. The molecule has 8 rings (SSSR count). The van der Waals surface area contributed by atoms with Crippen LogP contribution in [-0.4, -0.2) is 63.1 Å². The number of alkyl halides is 2. The van der Waals surface area contributed by atoms with E-state index in [9.17, 15) is 23.9 Å². The second kappa shape index (κ2) is 14.2. The molecule has 54 heavy (non-hydrogen) atoms. The van der Waals surface area contributed by atoms with Crippen LogP contribution in [0.25, 0.3) is 56.2 Å². The highest BCUT2D eigenvalue weighted by Gasteiger charge is 2.32. The van der Waals surface area contributed by atoms with Crippen molar-refractivity contribution in [2.75, 3.05) is 19.6 Å². The van der Waals surface area contributed by atoms with E-state index in [0.717, 1.165) is 53.0 Å². The zero-order chi connectivity index (χ0) is 37.7. The summed E-state index contributed by atoms with van der Waals surface area (Å²) in [6.45, 7) is 8.04. The maximum Gasteiger partial charge on any atom is 0.387 e. The van der Waals surface area contributed by atoms with Crippen LogP contribution < -0.4 is 4.74 Å². The van der Waals surface area contributed by atoms with Crippen molar-refractivity contribution < 1.29 is 32.3 Å². The molecule has 1 atom stereocenters. The smallest absolute Gasteiger partial charge is 0.387 e. The standard InChI is InChI=1S/C42H37F2N5O5/c1-4-25-19-48(20-25)21-26-14-27(18-45)38-34(15-26)47-40(54-38)32-11-6-9-30(24(32)3)29-8-5-10-31(23(29)2)39-46-33-16-28(22-49-13-7-12-35(49)41(50)51)36(53-42(43)44)17-37(33)52-39/h4-6,8-11,14-17,25,35,42H,1,7,12-13,19-22H2,2-3H3,(H,50,51)/t35-/m0/s1. The van der Waals surface area contributed by atoms with E-state index in [4.69, 9.17) is 23.5 Å². The number of fused-ring (bicyclic) bond motifs is 2. The van der Waals surface area contributed by atoms with Crippen LogP contribution in [0.5, 0.6) is 5.75 Å². The summed E-state index contributed by atoms with van der Waals surface area (Å²) in [7, 11) is 0. The minimum absolute atomic E-state index is 0.0794. The Kier molecular flexibility index (Phi) is 9.21. The number of carbonyl (C=O) groups is 1. The van der Waals surface area contributed by atoms with Crippen molar-refractivity contribution in [3.8, 4) is 45.9 Å². The Hall–Kier alpha value is -5.90. The minimum Gasteiger partial charge on any atom is -0.480 e. The van der Waals surface area contributed by atoms with Gasteiger partial charge in [-0.1, -0.05) is 30.3 Å². The summed E-state index contributed by atoms with van der Waals surface area (Å²) in [5.41, 5.74) is 8.83. The van der Waals surface area contributed by atoms with E-state index in [-0.39, 0.29) is 17.9 Å². The molecule has 0 saturated carbocycles. The van der Waals surface area contributed by atoms with Gasteiger partial charge in [0.05, 0.1) is 5.56 Å². The molecule has 2 aromatic heterocycles. The number of ether oxygens (including phenoxy) is 1. The molecule has 0 bridgehead atoms. The molecular formula is C42H37F2N5O5. The molecule has 4 heterocycles. The number of benzene rings is 4. The Bertz CT molecular complexity index is 2480. The van der Waals surface area contributed by atoms with Crippen molar-refractivity contribution in [2.24, 2.45) is 5.92 Å². The Labute approximate surface area is 309 Å². The van der Waals surface area contributed by atoms with Crippen molar-refractivity contribution in [1.29, 1.82) is 5.26 Å². The summed E-state index contributed by atoms with van der Waals surface area (Å²) in [4.78, 5) is 25.5. The molecule has 2 saturated heterocycles. The predicted molar refractivity (Wildman–Crippen MR) is 199 cm³/mol. The van der Waals surface area contributed by atoms with Crippen LogP contribution in [0.3, 0.4) is 0 Å². The number of nitriles is 1. The van der Waals surface area contributed by atoms with E-state index >= 15 is 0 Å². The molecule has 12 heteroatoms. The highest BCUT2D eigenvalue weighted by Crippen LogP contribution is 2.39. The third-order valence-corrected chi connectivity index (χ3v) is 10.6. The molecule has 6 aromatic rings. The van der Waals surface area contributed by atoms with Gasteiger partial charge in [0, 0.05) is 54.9 Å². The van der Waals surface area contributed by atoms with Crippen LogP contribution in [0.2, 0.25) is 0 Å². The van der Waals surface area contributed by atoms with Gasteiger partial charge in [-0.2, -0.15) is 14.0 Å². The summed E-state index contributed by atoms with van der Waals surface area (Å²) >= 11 is 0. The summed E-state index contributed by atoms with van der Waals surface area (Å²) in [5, 5.41) is 19.6. The molecule has 1 N–H and O–H groups in total. The fourth-order valence-corrected chi connectivity index (χ4v) is 7.80. The number of oxazole rings is 2. The SMILES string of the molecule is C=CC1CN(Cc2cc(C#N)c3oc(-c4cccc(-c5cccc(-c6nc7cc(CN8CCC[C@H]8C(=O)O)c(OC(F)F)cc7o6)c5C)c4C)nc3c2)C1. The first-order valence-electron chi connectivity index (χ1n) is 17.8. The van der Waals surface area contributed by atoms with E-state index in [1.165, 1.54) is 6.07 Å². The second-order valence-electron chi connectivity index (χ2n) is 14.1. The fraction of sp³-hybridized carbons (Fsp3) is 0.286. The number of likely N-dealkylation sites (tertiary alicyclic amines) is 2. The van der Waals surface area contributed by atoms with Gasteiger partial charge in [0.1, 0.15) is 28.9 Å². The van der Waals surface area contributed by atoms with E-state index in [2.05, 4.69) is 17.5 Å². The van der Waals surface area contributed by atoms with Crippen LogP contribution in [0, 0.1) is 31.1 Å². The topological polar surface area (TPSA) is 129 Å². The Morgan fingerprint density at radius 3 is 2.31 bits per heavy atom. The number of rotatable bonds is 11. The first-order valence-corrected chi connectivity index (χ1v) is 17.8. The normalized spacial score (nSPS) is 16.6. The monoisotopic (exact) mass is 729 g/mol. The zero-order valence-corrected chi connectivity index (χ0v) is 29.8. The van der Waals surface area contributed by atoms with Crippen LogP contribution in [0.4, 0.5) is 8.78 Å². The predicted octanol–water partition coefficient (Wildman–Crippen LogP) is 8.73. The van der Waals surface area contributed by atoms with Gasteiger partial charge in [-0.3, -0.25) is 14.6 Å². The molecule has 0 amide bonds. The number of hydrogen-bond donors (Lipinski definition) is 1. The summed E-state index contributed by atoms with van der Waals surface area (Å²) in [5.74, 6) is 0.197. The van der Waals surface area contributed by atoms with Crippen molar-refractivity contribution in [3.63, 3.8) is 0 Å². The molecule has 2 aliphatic heterocycles. The lowest BCUT2D eigenvalue weighted by molar-refractivity contribution is -0.142. The molecule has 4 aromatic carbocycles. The average Bonchev–Trinajstić information content (AvgIpc) is 3.88. The Morgan fingerprint density at radius 1 is 1.00 bits per heavy atom. The van der Waals surface area contributed by atoms with Crippen molar-refractivity contribution in [3.05, 3.63) is 101 Å². The molecule has 2 aliphatic rings. The highest BCUT2D eigenvalue weighted by molar-refractivity contribution is 5.86. The Morgan fingerprint density at radius 2 is 1.67 bits per heavy atom. The third kappa shape index (κ3) is 6.50. The molecule has 274 valence electrons. The van der Waals surface area contributed by atoms with Gasteiger partial charge < -0.3 is 18.7 Å². The quantitative estimate of drug-likeness (QED) is 0.129. The maximum absolute atomic E-state index is 13.5. The lowest BCUT2D eigenvalue weighted by Gasteiger charge is -2.37. The molecule has 0 radical (unpaired) electrons. The van der Waals surface area contributed by atoms with E-state index < -0.39 is 18.6 Å². The van der Waals surface area contributed by atoms with Gasteiger partial charge >= 0.3 is 12.6 Å². The minimum atomic E-state index is -3.07. The molecule has 0 spiro atoms. The largest absolute Gasteiger partial charge is 0.480 e. The maximum atomic E-state index is 13.5. The van der Waals surface area contributed by atoms with Crippen LogP contribution in [0.1, 0.15) is 40.7 Å². The number of aliphatic carboxylic acids is 1. The van der Waals surface area contributed by atoms with Gasteiger partial charge in [0.25, 0.3) is 0 Å². The molecule has 10 nitrogen and oxygen atoms in total. The molecular weight excluding hydrogens is 692 g/mol. The highest BCUT2D eigenvalue weighted by atomic mass is 19.3. The summed E-state index contributed by atoms with van der Waals surface area (Å²) < 4.78 is 44.3. The van der Waals surface area contributed by atoms with Gasteiger partial charge in [-0.25, -0.2) is 9.97 Å². The van der Waals surface area contributed by atoms with Gasteiger partial charge in [0.15, 0.2) is 11.2 Å². The number of halogens is 2. The third-order valence-electron chi connectivity index (χ3n) is 10.6. The van der Waals surface area contributed by atoms with Crippen molar-refractivity contribution >= 4 is 28.2 Å². The number of carboxylic acid groups (broad SMARTS) is 1. The molecule has 2 fully saturated rings. The number of aromatic nitrogens is 2. The van der Waals surface area contributed by atoms with Crippen LogP contribution >= 0.6 is 0 Å².